The summed E-state index contributed by atoms with van der Waals surface area (Å²) in [5, 5.41) is 8.91. The maximum Gasteiger partial charge on any atom is 0.242 e. The fraction of sp³-hybridized carbons (Fsp3) is 0.571. The number of benzene rings is 1. The van der Waals surface area contributed by atoms with Gasteiger partial charge in [-0.25, -0.2) is 0 Å². The molecule has 0 spiro atoms. The molecule has 198 valence electrons. The summed E-state index contributed by atoms with van der Waals surface area (Å²) in [6, 6.07) is 11.7. The summed E-state index contributed by atoms with van der Waals surface area (Å²) in [6.07, 6.45) is 5.84. The van der Waals surface area contributed by atoms with Crippen molar-refractivity contribution in [2.45, 2.75) is 44.6 Å². The maximum absolute atomic E-state index is 13.3. The van der Waals surface area contributed by atoms with E-state index in [0.717, 1.165) is 74.5 Å². The zero-order valence-corrected chi connectivity index (χ0v) is 21.7. The van der Waals surface area contributed by atoms with E-state index in [9.17, 15) is 9.59 Å². The molecule has 37 heavy (non-hydrogen) atoms. The van der Waals surface area contributed by atoms with Gasteiger partial charge in [0.05, 0.1) is 25.5 Å². The number of methoxy groups -OCH3 is 1. The van der Waals surface area contributed by atoms with Gasteiger partial charge >= 0.3 is 0 Å². The van der Waals surface area contributed by atoms with E-state index >= 15 is 0 Å². The average Bonchev–Trinajstić information content (AvgIpc) is 3.28. The van der Waals surface area contributed by atoms with Gasteiger partial charge in [0.2, 0.25) is 11.8 Å². The average molecular weight is 508 g/mol. The van der Waals surface area contributed by atoms with Crippen LogP contribution in [0.5, 0.6) is 5.75 Å². The lowest BCUT2D eigenvalue weighted by Gasteiger charge is -2.34. The second kappa shape index (κ2) is 11.9. The summed E-state index contributed by atoms with van der Waals surface area (Å²) in [5.41, 5.74) is 1.74. The molecule has 1 saturated carbocycles. The molecule has 9 nitrogen and oxygen atoms in total. The molecule has 2 aliphatic heterocycles. The van der Waals surface area contributed by atoms with E-state index in [1.807, 2.05) is 41.3 Å². The highest BCUT2D eigenvalue weighted by Gasteiger charge is 2.33. The minimum absolute atomic E-state index is 0.0203. The van der Waals surface area contributed by atoms with Crippen LogP contribution in [0.25, 0.3) is 11.3 Å². The van der Waals surface area contributed by atoms with Crippen molar-refractivity contribution in [2.24, 2.45) is 5.92 Å². The second-order valence-electron chi connectivity index (χ2n) is 10.2. The SMILES string of the molecule is COc1cccc(-c2ccc(N3CCCN(C(=O)CN(C[C@H]4CCCO4)C(=O)C4CCC4)CC3)nn2)c1. The summed E-state index contributed by atoms with van der Waals surface area (Å²) < 4.78 is 11.1. The predicted molar refractivity (Wildman–Crippen MR) is 140 cm³/mol. The Morgan fingerprint density at radius 1 is 1.03 bits per heavy atom. The monoisotopic (exact) mass is 507 g/mol. The largest absolute Gasteiger partial charge is 0.497 e. The van der Waals surface area contributed by atoms with Crippen LogP contribution in [0, 0.1) is 5.92 Å². The van der Waals surface area contributed by atoms with Crippen molar-refractivity contribution in [3.8, 4) is 17.0 Å². The van der Waals surface area contributed by atoms with E-state index in [0.29, 0.717) is 26.2 Å². The van der Waals surface area contributed by atoms with Crippen LogP contribution in [-0.2, 0) is 14.3 Å². The van der Waals surface area contributed by atoms with Gasteiger partial charge in [-0.05, 0) is 56.4 Å². The first-order valence-corrected chi connectivity index (χ1v) is 13.5. The smallest absolute Gasteiger partial charge is 0.242 e. The van der Waals surface area contributed by atoms with E-state index in [4.69, 9.17) is 9.47 Å². The molecule has 3 aliphatic rings. The summed E-state index contributed by atoms with van der Waals surface area (Å²) in [4.78, 5) is 32.2. The number of carbonyl (C=O) groups excluding carboxylic acids is 2. The number of anilines is 1. The summed E-state index contributed by atoms with van der Waals surface area (Å²) >= 11 is 0. The second-order valence-corrected chi connectivity index (χ2v) is 10.2. The predicted octanol–water partition coefficient (Wildman–Crippen LogP) is 3.00. The Hall–Kier alpha value is -3.20. The molecule has 0 bridgehead atoms. The Kier molecular flexibility index (Phi) is 8.18. The first-order valence-electron chi connectivity index (χ1n) is 13.5. The molecule has 1 atom stereocenters. The van der Waals surface area contributed by atoms with Crippen molar-refractivity contribution < 1.29 is 19.1 Å². The Labute approximate surface area is 218 Å². The lowest BCUT2D eigenvalue weighted by Crippen LogP contribution is -2.49. The fourth-order valence-corrected chi connectivity index (χ4v) is 5.27. The van der Waals surface area contributed by atoms with Gasteiger partial charge < -0.3 is 24.2 Å². The first kappa shape index (κ1) is 25.4. The van der Waals surface area contributed by atoms with E-state index in [-0.39, 0.29) is 30.4 Å². The van der Waals surface area contributed by atoms with E-state index in [1.54, 1.807) is 12.0 Å². The number of amides is 2. The van der Waals surface area contributed by atoms with Crippen molar-refractivity contribution >= 4 is 17.6 Å². The molecule has 0 N–H and O–H groups in total. The number of hydrogen-bond donors (Lipinski definition) is 0. The van der Waals surface area contributed by atoms with Gasteiger partial charge in [0, 0.05) is 50.8 Å². The molecule has 1 aromatic carbocycles. The minimum atomic E-state index is 0.0203. The van der Waals surface area contributed by atoms with Crippen LogP contribution in [-0.4, -0.2) is 90.9 Å². The summed E-state index contributed by atoms with van der Waals surface area (Å²) in [7, 11) is 1.65. The molecule has 1 aromatic heterocycles. The molecule has 0 unspecified atom stereocenters. The van der Waals surface area contributed by atoms with E-state index < -0.39 is 0 Å². The standard InChI is InChI=1S/C28H37N5O4/c1-36-23-9-3-8-22(18-23)25-11-12-26(30-29-25)31-13-5-14-32(16-15-31)27(34)20-33(19-24-10-4-17-37-24)28(35)21-6-2-7-21/h3,8-9,11-12,18,21,24H,2,4-7,10,13-17,19-20H2,1H3/t24-/m1/s1. The Morgan fingerprint density at radius 3 is 2.62 bits per heavy atom. The highest BCUT2D eigenvalue weighted by atomic mass is 16.5. The molecule has 5 rings (SSSR count). The molecule has 2 amide bonds. The normalized spacial score (nSPS) is 20.3. The van der Waals surface area contributed by atoms with Gasteiger partial charge in [0.15, 0.2) is 5.82 Å². The molecule has 3 heterocycles. The lowest BCUT2D eigenvalue weighted by atomic mass is 9.84. The van der Waals surface area contributed by atoms with Gasteiger partial charge in [-0.15, -0.1) is 10.2 Å². The third-order valence-corrected chi connectivity index (χ3v) is 7.73. The third kappa shape index (κ3) is 6.21. The number of hydrogen-bond acceptors (Lipinski definition) is 7. The maximum atomic E-state index is 13.3. The van der Waals surface area contributed by atoms with Gasteiger partial charge in [-0.1, -0.05) is 18.6 Å². The third-order valence-electron chi connectivity index (χ3n) is 7.73. The molecule has 2 saturated heterocycles. The van der Waals surface area contributed by atoms with Crippen molar-refractivity contribution in [2.75, 3.05) is 57.9 Å². The van der Waals surface area contributed by atoms with Gasteiger partial charge in [-0.3, -0.25) is 9.59 Å². The highest BCUT2D eigenvalue weighted by Crippen LogP contribution is 2.29. The van der Waals surface area contributed by atoms with Crippen LogP contribution in [0.15, 0.2) is 36.4 Å². The molecule has 9 heteroatoms. The highest BCUT2D eigenvalue weighted by molar-refractivity contribution is 5.86. The van der Waals surface area contributed by atoms with Gasteiger partial charge in [0.25, 0.3) is 0 Å². The van der Waals surface area contributed by atoms with Crippen LogP contribution >= 0.6 is 0 Å². The number of ether oxygens (including phenoxy) is 2. The van der Waals surface area contributed by atoms with Crippen LogP contribution in [0.2, 0.25) is 0 Å². The van der Waals surface area contributed by atoms with Gasteiger partial charge in [-0.2, -0.15) is 0 Å². The fourth-order valence-electron chi connectivity index (χ4n) is 5.27. The molecule has 3 fully saturated rings. The molecule has 2 aromatic rings. The number of carbonyl (C=O) groups is 2. The minimum Gasteiger partial charge on any atom is -0.497 e. The van der Waals surface area contributed by atoms with Gasteiger partial charge in [0.1, 0.15) is 5.75 Å². The van der Waals surface area contributed by atoms with Crippen molar-refractivity contribution in [3.05, 3.63) is 36.4 Å². The Morgan fingerprint density at radius 2 is 1.92 bits per heavy atom. The van der Waals surface area contributed by atoms with Crippen LogP contribution < -0.4 is 9.64 Å². The molecular weight excluding hydrogens is 470 g/mol. The van der Waals surface area contributed by atoms with Crippen LogP contribution in [0.1, 0.15) is 38.5 Å². The van der Waals surface area contributed by atoms with E-state index in [2.05, 4.69) is 15.1 Å². The zero-order chi connectivity index (χ0) is 25.6. The molecular formula is C28H37N5O4. The summed E-state index contributed by atoms with van der Waals surface area (Å²) in [5.74, 6) is 1.81. The number of rotatable bonds is 8. The van der Waals surface area contributed by atoms with Crippen molar-refractivity contribution in [1.82, 2.24) is 20.0 Å². The van der Waals surface area contributed by atoms with E-state index in [1.165, 1.54) is 0 Å². The van der Waals surface area contributed by atoms with Crippen LogP contribution in [0.4, 0.5) is 5.82 Å². The Balaban J connectivity index is 1.18. The topological polar surface area (TPSA) is 88.1 Å². The molecule has 0 radical (unpaired) electrons. The van der Waals surface area contributed by atoms with Crippen molar-refractivity contribution in [3.63, 3.8) is 0 Å². The Bertz CT molecular complexity index is 1070. The van der Waals surface area contributed by atoms with Crippen molar-refractivity contribution in [1.29, 1.82) is 0 Å². The number of nitrogens with zero attached hydrogens (tertiary/aromatic N) is 5. The quantitative estimate of drug-likeness (QED) is 0.543. The summed E-state index contributed by atoms with van der Waals surface area (Å²) in [6.45, 7) is 4.17. The number of aromatic nitrogens is 2. The molecule has 1 aliphatic carbocycles. The zero-order valence-electron chi connectivity index (χ0n) is 21.7. The first-order chi connectivity index (χ1) is 18.1. The van der Waals surface area contributed by atoms with Crippen LogP contribution in [0.3, 0.4) is 0 Å². The lowest BCUT2D eigenvalue weighted by molar-refractivity contribution is -0.146.